The van der Waals surface area contributed by atoms with E-state index < -0.39 is 18.0 Å². The molecule has 1 aliphatic carbocycles. The van der Waals surface area contributed by atoms with Gasteiger partial charge >= 0.3 is 12.1 Å². The van der Waals surface area contributed by atoms with Gasteiger partial charge in [0.25, 0.3) is 0 Å². The molecule has 2 aliphatic heterocycles. The van der Waals surface area contributed by atoms with Crippen LogP contribution < -0.4 is 0 Å². The van der Waals surface area contributed by atoms with E-state index in [1.54, 1.807) is 0 Å². The van der Waals surface area contributed by atoms with Gasteiger partial charge in [0.15, 0.2) is 0 Å². The standard InChI is InChI=1S/C15H20F3N3O3/c16-15(17,18)14(24)19-5-3-10(4-6-19)13(23)20-7-8-21(11-1-2-11)12(22)9-20/h10-11H,1-9H2. The number of hydrogen-bond donors (Lipinski definition) is 0. The fourth-order valence-electron chi connectivity index (χ4n) is 3.41. The molecule has 6 nitrogen and oxygen atoms in total. The van der Waals surface area contributed by atoms with Crippen LogP contribution in [0.4, 0.5) is 13.2 Å². The van der Waals surface area contributed by atoms with Crippen LogP contribution in [0.1, 0.15) is 25.7 Å². The van der Waals surface area contributed by atoms with Crippen molar-refractivity contribution >= 4 is 17.7 Å². The number of hydrogen-bond acceptors (Lipinski definition) is 3. The van der Waals surface area contributed by atoms with E-state index in [0.717, 1.165) is 17.7 Å². The van der Waals surface area contributed by atoms with Gasteiger partial charge in [-0.3, -0.25) is 14.4 Å². The summed E-state index contributed by atoms with van der Waals surface area (Å²) >= 11 is 0. The first-order valence-corrected chi connectivity index (χ1v) is 8.21. The molecule has 0 aromatic heterocycles. The Hall–Kier alpha value is -1.80. The summed E-state index contributed by atoms with van der Waals surface area (Å²) in [4.78, 5) is 39.8. The van der Waals surface area contributed by atoms with E-state index in [9.17, 15) is 27.6 Å². The second-order valence-corrected chi connectivity index (χ2v) is 6.64. The van der Waals surface area contributed by atoms with E-state index in [2.05, 4.69) is 0 Å². The summed E-state index contributed by atoms with van der Waals surface area (Å²) in [5.74, 6) is -2.50. The second-order valence-electron chi connectivity index (χ2n) is 6.64. The van der Waals surface area contributed by atoms with Gasteiger partial charge in [-0.1, -0.05) is 0 Å². The molecular formula is C15H20F3N3O3. The molecule has 0 atom stereocenters. The molecule has 0 radical (unpaired) electrons. The van der Waals surface area contributed by atoms with Crippen LogP contribution in [0.5, 0.6) is 0 Å². The van der Waals surface area contributed by atoms with E-state index in [4.69, 9.17) is 0 Å². The van der Waals surface area contributed by atoms with Gasteiger partial charge in [0.2, 0.25) is 11.8 Å². The lowest BCUT2D eigenvalue weighted by molar-refractivity contribution is -0.187. The van der Waals surface area contributed by atoms with Gasteiger partial charge in [0.1, 0.15) is 0 Å². The quantitative estimate of drug-likeness (QED) is 0.736. The van der Waals surface area contributed by atoms with Crippen molar-refractivity contribution in [3.63, 3.8) is 0 Å². The van der Waals surface area contributed by atoms with Crippen LogP contribution >= 0.6 is 0 Å². The molecule has 0 unspecified atom stereocenters. The van der Waals surface area contributed by atoms with Crippen molar-refractivity contribution in [1.82, 2.24) is 14.7 Å². The Labute approximate surface area is 137 Å². The lowest BCUT2D eigenvalue weighted by Crippen LogP contribution is -2.55. The fraction of sp³-hybridized carbons (Fsp3) is 0.800. The monoisotopic (exact) mass is 347 g/mol. The first-order valence-electron chi connectivity index (χ1n) is 8.21. The lowest BCUT2D eigenvalue weighted by atomic mass is 9.95. The first kappa shape index (κ1) is 17.0. The first-order chi connectivity index (χ1) is 11.3. The maximum Gasteiger partial charge on any atom is 0.471 e. The Balaban J connectivity index is 1.50. The molecule has 134 valence electrons. The zero-order chi connectivity index (χ0) is 17.5. The highest BCUT2D eigenvalue weighted by atomic mass is 19.4. The smallest absolute Gasteiger partial charge is 0.336 e. The highest BCUT2D eigenvalue weighted by molar-refractivity contribution is 5.88. The van der Waals surface area contributed by atoms with Gasteiger partial charge < -0.3 is 14.7 Å². The van der Waals surface area contributed by atoms with Crippen LogP contribution in [0.25, 0.3) is 0 Å². The van der Waals surface area contributed by atoms with Gasteiger partial charge in [-0.05, 0) is 25.7 Å². The van der Waals surface area contributed by atoms with Crippen LogP contribution in [0.15, 0.2) is 0 Å². The number of carbonyl (C=O) groups is 3. The zero-order valence-corrected chi connectivity index (χ0v) is 13.2. The molecule has 0 bridgehead atoms. The normalized spacial score (nSPS) is 23.6. The highest BCUT2D eigenvalue weighted by Crippen LogP contribution is 2.29. The molecule has 3 fully saturated rings. The number of piperidine rings is 1. The van der Waals surface area contributed by atoms with E-state index in [-0.39, 0.29) is 44.3 Å². The van der Waals surface area contributed by atoms with Crippen molar-refractivity contribution in [2.75, 3.05) is 32.7 Å². The number of rotatable bonds is 2. The number of carbonyl (C=O) groups excluding carboxylic acids is 3. The molecule has 3 rings (SSSR count). The second kappa shape index (κ2) is 6.25. The molecule has 0 spiro atoms. The Bertz CT molecular complexity index is 540. The molecule has 24 heavy (non-hydrogen) atoms. The molecule has 9 heteroatoms. The number of alkyl halides is 3. The Morgan fingerprint density at radius 2 is 1.54 bits per heavy atom. The molecule has 2 heterocycles. The zero-order valence-electron chi connectivity index (χ0n) is 13.2. The minimum absolute atomic E-state index is 0.0526. The number of amides is 3. The van der Waals surface area contributed by atoms with Gasteiger partial charge in [-0.25, -0.2) is 0 Å². The average molecular weight is 347 g/mol. The largest absolute Gasteiger partial charge is 0.471 e. The lowest BCUT2D eigenvalue weighted by Gasteiger charge is -2.38. The van der Waals surface area contributed by atoms with E-state index >= 15 is 0 Å². The van der Waals surface area contributed by atoms with Gasteiger partial charge in [-0.15, -0.1) is 0 Å². The van der Waals surface area contributed by atoms with Crippen LogP contribution in [-0.2, 0) is 14.4 Å². The van der Waals surface area contributed by atoms with Crippen molar-refractivity contribution in [2.45, 2.75) is 37.9 Å². The SMILES string of the molecule is O=C(C1CCN(C(=O)C(F)(F)F)CC1)N1CCN(C2CC2)C(=O)C1. The third-order valence-electron chi connectivity index (χ3n) is 4.93. The van der Waals surface area contributed by atoms with Crippen molar-refractivity contribution in [3.05, 3.63) is 0 Å². The summed E-state index contributed by atoms with van der Waals surface area (Å²) in [5.41, 5.74) is 0. The average Bonchev–Trinajstić information content (AvgIpc) is 3.37. The van der Waals surface area contributed by atoms with E-state index in [0.29, 0.717) is 19.1 Å². The summed E-state index contributed by atoms with van der Waals surface area (Å²) in [6.45, 7) is 0.899. The van der Waals surface area contributed by atoms with E-state index in [1.165, 1.54) is 4.90 Å². The Morgan fingerprint density at radius 3 is 2.04 bits per heavy atom. The maximum atomic E-state index is 12.5. The molecule has 3 amide bonds. The maximum absolute atomic E-state index is 12.5. The summed E-state index contributed by atoms with van der Waals surface area (Å²) in [5, 5.41) is 0. The fourth-order valence-corrected chi connectivity index (χ4v) is 3.41. The highest BCUT2D eigenvalue weighted by Gasteiger charge is 2.44. The third kappa shape index (κ3) is 3.49. The summed E-state index contributed by atoms with van der Waals surface area (Å²) in [6, 6.07) is 0.325. The van der Waals surface area contributed by atoms with Crippen LogP contribution in [0.2, 0.25) is 0 Å². The van der Waals surface area contributed by atoms with Crippen molar-refractivity contribution < 1.29 is 27.6 Å². The molecule has 1 saturated carbocycles. The topological polar surface area (TPSA) is 60.9 Å². The Morgan fingerprint density at radius 1 is 0.917 bits per heavy atom. The van der Waals surface area contributed by atoms with Crippen molar-refractivity contribution in [1.29, 1.82) is 0 Å². The molecule has 2 saturated heterocycles. The molecule has 0 aromatic rings. The Kier molecular flexibility index (Phi) is 4.44. The third-order valence-corrected chi connectivity index (χ3v) is 4.93. The molecule has 0 aromatic carbocycles. The van der Waals surface area contributed by atoms with E-state index in [1.807, 2.05) is 4.90 Å². The minimum Gasteiger partial charge on any atom is -0.336 e. The van der Waals surface area contributed by atoms with Crippen LogP contribution in [-0.4, -0.2) is 77.4 Å². The summed E-state index contributed by atoms with van der Waals surface area (Å²) in [7, 11) is 0. The van der Waals surface area contributed by atoms with Crippen molar-refractivity contribution in [3.8, 4) is 0 Å². The molecule has 3 aliphatic rings. The molecular weight excluding hydrogens is 327 g/mol. The minimum atomic E-state index is -4.87. The number of halogens is 3. The predicted octanol–water partition coefficient (Wildman–Crippen LogP) is 0.621. The summed E-state index contributed by atoms with van der Waals surface area (Å²) in [6.07, 6.45) is -2.42. The number of likely N-dealkylation sites (tertiary alicyclic amines) is 1. The molecule has 0 N–H and O–H groups in total. The summed E-state index contributed by atoms with van der Waals surface area (Å²) < 4.78 is 37.3. The van der Waals surface area contributed by atoms with Crippen molar-refractivity contribution in [2.24, 2.45) is 5.92 Å². The number of piperazine rings is 1. The van der Waals surface area contributed by atoms with Gasteiger partial charge in [0, 0.05) is 38.1 Å². The van der Waals surface area contributed by atoms with Crippen LogP contribution in [0, 0.1) is 5.92 Å². The number of nitrogens with zero attached hydrogens (tertiary/aromatic N) is 3. The van der Waals surface area contributed by atoms with Gasteiger partial charge in [0.05, 0.1) is 6.54 Å². The van der Waals surface area contributed by atoms with Gasteiger partial charge in [-0.2, -0.15) is 13.2 Å². The van der Waals surface area contributed by atoms with Crippen LogP contribution in [0.3, 0.4) is 0 Å². The predicted molar refractivity (Wildman–Crippen MR) is 76.7 cm³/mol.